The van der Waals surface area contributed by atoms with Crippen molar-refractivity contribution >= 4 is 5.97 Å². The highest BCUT2D eigenvalue weighted by molar-refractivity contribution is 5.84. The molecule has 0 saturated carbocycles. The number of rotatable bonds is 6. The number of ether oxygens (including phenoxy) is 2. The molecule has 0 aromatic heterocycles. The van der Waals surface area contributed by atoms with Crippen LogP contribution < -0.4 is 4.74 Å². The van der Waals surface area contributed by atoms with Crippen molar-refractivity contribution in [1.82, 2.24) is 0 Å². The molecule has 3 aromatic rings. The summed E-state index contributed by atoms with van der Waals surface area (Å²) in [6, 6.07) is 23.1. The van der Waals surface area contributed by atoms with Crippen molar-refractivity contribution in [2.45, 2.75) is 6.42 Å². The lowest BCUT2D eigenvalue weighted by Gasteiger charge is -2.11. The number of esters is 1. The summed E-state index contributed by atoms with van der Waals surface area (Å²) < 4.78 is 10.5. The van der Waals surface area contributed by atoms with Gasteiger partial charge in [0, 0.05) is 6.08 Å². The van der Waals surface area contributed by atoms with Crippen molar-refractivity contribution < 1.29 is 14.3 Å². The fourth-order valence-electron chi connectivity index (χ4n) is 3.52. The monoisotopic (exact) mass is 356 g/mol. The molecule has 3 aromatic carbocycles. The van der Waals surface area contributed by atoms with Crippen molar-refractivity contribution in [2.24, 2.45) is 0 Å². The molecule has 0 amide bonds. The first-order valence-corrected chi connectivity index (χ1v) is 8.99. The van der Waals surface area contributed by atoms with Gasteiger partial charge in [0.25, 0.3) is 0 Å². The largest absolute Gasteiger partial charge is 0.490 e. The van der Waals surface area contributed by atoms with Crippen LogP contribution in [0.15, 0.2) is 79.4 Å². The number of hydrogen-bond acceptors (Lipinski definition) is 3. The van der Waals surface area contributed by atoms with Crippen LogP contribution in [-0.2, 0) is 16.0 Å². The Morgan fingerprint density at radius 2 is 1.63 bits per heavy atom. The molecule has 3 heteroatoms. The molecule has 0 heterocycles. The highest BCUT2D eigenvalue weighted by atomic mass is 16.6. The Balaban J connectivity index is 1.49. The van der Waals surface area contributed by atoms with Gasteiger partial charge in [-0.1, -0.05) is 61.2 Å². The minimum absolute atomic E-state index is 0.205. The molecule has 1 aliphatic rings. The zero-order valence-corrected chi connectivity index (χ0v) is 15.0. The summed E-state index contributed by atoms with van der Waals surface area (Å²) in [5.74, 6) is 0.317. The maximum Gasteiger partial charge on any atom is 0.330 e. The molecule has 0 spiro atoms. The Kier molecular flexibility index (Phi) is 4.75. The van der Waals surface area contributed by atoms with Gasteiger partial charge >= 0.3 is 5.97 Å². The van der Waals surface area contributed by atoms with E-state index in [1.807, 2.05) is 12.1 Å². The molecule has 0 aliphatic heterocycles. The van der Waals surface area contributed by atoms with Gasteiger partial charge in [-0.25, -0.2) is 4.79 Å². The fourth-order valence-corrected chi connectivity index (χ4v) is 3.52. The van der Waals surface area contributed by atoms with Crippen molar-refractivity contribution in [3.8, 4) is 28.0 Å². The van der Waals surface area contributed by atoms with Crippen molar-refractivity contribution in [1.29, 1.82) is 0 Å². The lowest BCUT2D eigenvalue weighted by molar-refractivity contribution is -0.138. The fraction of sp³-hybridized carbons (Fsp3) is 0.125. The molecule has 0 N–H and O–H groups in total. The van der Waals surface area contributed by atoms with Gasteiger partial charge in [0.2, 0.25) is 0 Å². The lowest BCUT2D eigenvalue weighted by Crippen LogP contribution is -2.10. The predicted molar refractivity (Wildman–Crippen MR) is 107 cm³/mol. The summed E-state index contributed by atoms with van der Waals surface area (Å²) in [5, 5.41) is 0. The molecular formula is C24H20O3. The third-order valence-electron chi connectivity index (χ3n) is 4.78. The van der Waals surface area contributed by atoms with Crippen molar-refractivity contribution in [3.05, 3.63) is 90.5 Å². The van der Waals surface area contributed by atoms with Crippen LogP contribution in [0.1, 0.15) is 11.1 Å². The molecule has 134 valence electrons. The van der Waals surface area contributed by atoms with Gasteiger partial charge in [0.15, 0.2) is 0 Å². The van der Waals surface area contributed by atoms with Crippen LogP contribution >= 0.6 is 0 Å². The van der Waals surface area contributed by atoms with Gasteiger partial charge < -0.3 is 9.47 Å². The molecule has 3 nitrogen and oxygen atoms in total. The maximum absolute atomic E-state index is 11.0. The van der Waals surface area contributed by atoms with Crippen molar-refractivity contribution in [3.63, 3.8) is 0 Å². The van der Waals surface area contributed by atoms with E-state index >= 15 is 0 Å². The van der Waals surface area contributed by atoms with E-state index in [2.05, 4.69) is 61.2 Å². The van der Waals surface area contributed by atoms with Crippen LogP contribution in [0.25, 0.3) is 22.3 Å². The van der Waals surface area contributed by atoms with E-state index in [1.165, 1.54) is 33.4 Å². The van der Waals surface area contributed by atoms with Crippen LogP contribution in [0.3, 0.4) is 0 Å². The summed E-state index contributed by atoms with van der Waals surface area (Å²) in [6.07, 6.45) is 2.11. The minimum Gasteiger partial charge on any atom is -0.490 e. The summed E-state index contributed by atoms with van der Waals surface area (Å²) in [6.45, 7) is 3.88. The predicted octanol–water partition coefficient (Wildman–Crippen LogP) is 5.03. The smallest absolute Gasteiger partial charge is 0.330 e. The number of hydrogen-bond donors (Lipinski definition) is 0. The zero-order chi connectivity index (χ0) is 18.6. The van der Waals surface area contributed by atoms with Gasteiger partial charge in [-0.2, -0.15) is 0 Å². The normalized spacial score (nSPS) is 11.4. The Morgan fingerprint density at radius 3 is 2.44 bits per heavy atom. The molecule has 27 heavy (non-hydrogen) atoms. The first-order valence-electron chi connectivity index (χ1n) is 8.99. The Labute approximate surface area is 158 Å². The second kappa shape index (κ2) is 7.50. The van der Waals surface area contributed by atoms with E-state index in [0.29, 0.717) is 6.61 Å². The van der Waals surface area contributed by atoms with E-state index in [1.54, 1.807) is 0 Å². The molecule has 0 saturated heterocycles. The lowest BCUT2D eigenvalue weighted by atomic mass is 9.96. The van der Waals surface area contributed by atoms with Crippen LogP contribution in [0, 0.1) is 0 Å². The molecule has 0 atom stereocenters. The van der Waals surface area contributed by atoms with Crippen LogP contribution in [-0.4, -0.2) is 19.2 Å². The number of carbonyl (C=O) groups is 1. The summed E-state index contributed by atoms with van der Waals surface area (Å²) >= 11 is 0. The highest BCUT2D eigenvalue weighted by Crippen LogP contribution is 2.41. The zero-order valence-electron chi connectivity index (χ0n) is 15.0. The average molecular weight is 356 g/mol. The minimum atomic E-state index is -0.437. The molecular weight excluding hydrogens is 336 g/mol. The van der Waals surface area contributed by atoms with Crippen LogP contribution in [0.5, 0.6) is 5.75 Å². The van der Waals surface area contributed by atoms with Crippen LogP contribution in [0.4, 0.5) is 0 Å². The van der Waals surface area contributed by atoms with E-state index in [-0.39, 0.29) is 6.61 Å². The second-order valence-electron chi connectivity index (χ2n) is 6.41. The van der Waals surface area contributed by atoms with E-state index in [4.69, 9.17) is 9.47 Å². The molecule has 1 aliphatic carbocycles. The van der Waals surface area contributed by atoms with Gasteiger partial charge in [-0.15, -0.1) is 0 Å². The Hall–Kier alpha value is -3.33. The number of fused-ring (bicyclic) bond motifs is 3. The van der Waals surface area contributed by atoms with E-state index in [0.717, 1.165) is 18.2 Å². The molecule has 0 unspecified atom stereocenters. The summed E-state index contributed by atoms with van der Waals surface area (Å²) in [5.41, 5.74) is 7.86. The van der Waals surface area contributed by atoms with Gasteiger partial charge in [0.05, 0.1) is 0 Å². The topological polar surface area (TPSA) is 35.5 Å². The third-order valence-corrected chi connectivity index (χ3v) is 4.78. The first-order chi connectivity index (χ1) is 13.3. The van der Waals surface area contributed by atoms with Gasteiger partial charge in [0.1, 0.15) is 19.0 Å². The Morgan fingerprint density at radius 1 is 0.889 bits per heavy atom. The first kappa shape index (κ1) is 17.1. The molecule has 0 radical (unpaired) electrons. The van der Waals surface area contributed by atoms with Gasteiger partial charge in [-0.3, -0.25) is 0 Å². The molecule has 0 fully saturated rings. The van der Waals surface area contributed by atoms with E-state index < -0.39 is 5.97 Å². The van der Waals surface area contributed by atoms with Gasteiger partial charge in [-0.05, 0) is 51.9 Å². The molecule has 4 rings (SSSR count). The maximum atomic E-state index is 11.0. The third kappa shape index (κ3) is 3.49. The standard InChI is InChI=1S/C24H20O3/c1-2-24(25)27-15-14-26-19-12-10-17(11-13-19)20-8-5-9-22-21-7-4-3-6-18(21)16-23(20)22/h2-13H,1,14-16H2. The summed E-state index contributed by atoms with van der Waals surface area (Å²) in [4.78, 5) is 11.0. The highest BCUT2D eigenvalue weighted by Gasteiger charge is 2.20. The quantitative estimate of drug-likeness (QED) is 0.276. The SMILES string of the molecule is C=CC(=O)OCCOc1ccc(-c2cccc3c2Cc2ccccc2-3)cc1. The second-order valence-corrected chi connectivity index (χ2v) is 6.41. The summed E-state index contributed by atoms with van der Waals surface area (Å²) in [7, 11) is 0. The van der Waals surface area contributed by atoms with Crippen molar-refractivity contribution in [2.75, 3.05) is 13.2 Å². The average Bonchev–Trinajstić information content (AvgIpc) is 3.10. The molecule has 0 bridgehead atoms. The Bertz CT molecular complexity index is 987. The number of carbonyl (C=O) groups excluding carboxylic acids is 1. The number of benzene rings is 3. The van der Waals surface area contributed by atoms with Crippen LogP contribution in [0.2, 0.25) is 0 Å². The van der Waals surface area contributed by atoms with E-state index in [9.17, 15) is 4.79 Å².